The topological polar surface area (TPSA) is 140 Å². The van der Waals surface area contributed by atoms with E-state index < -0.39 is 31.2 Å². The van der Waals surface area contributed by atoms with Crippen LogP contribution in [0.2, 0.25) is 0 Å². The van der Waals surface area contributed by atoms with Crippen molar-refractivity contribution in [3.8, 4) is 0 Å². The van der Waals surface area contributed by atoms with Crippen LogP contribution in [0, 0.1) is 0 Å². The van der Waals surface area contributed by atoms with Crippen LogP contribution >= 0.6 is 7.60 Å². The highest BCUT2D eigenvalue weighted by atomic mass is 31.2. The van der Waals surface area contributed by atoms with Gasteiger partial charge in [-0.1, -0.05) is 0 Å². The Labute approximate surface area is 143 Å². The third-order valence-corrected chi connectivity index (χ3v) is 4.76. The van der Waals surface area contributed by atoms with Crippen molar-refractivity contribution in [2.45, 2.75) is 37.7 Å². The number of aromatic amines is 1. The van der Waals surface area contributed by atoms with Gasteiger partial charge in [0.05, 0.1) is 19.3 Å². The lowest BCUT2D eigenvalue weighted by Gasteiger charge is -2.20. The van der Waals surface area contributed by atoms with E-state index in [0.29, 0.717) is 32.5 Å². The van der Waals surface area contributed by atoms with E-state index in [9.17, 15) is 14.2 Å². The lowest BCUT2D eigenvalue weighted by atomic mass is 10.1. The van der Waals surface area contributed by atoms with Gasteiger partial charge in [0.2, 0.25) is 0 Å². The van der Waals surface area contributed by atoms with Crippen molar-refractivity contribution < 1.29 is 28.6 Å². The number of ether oxygens (including phenoxy) is 3. The molecule has 0 aliphatic carbocycles. The SMILES string of the molecule is COCCO[C@@H]1C[C@@H](CCCP(=O)(O)O)O[C@H]1n1ccc(=O)[nH]c1=O. The second kappa shape index (κ2) is 8.88. The van der Waals surface area contributed by atoms with Crippen molar-refractivity contribution in [3.63, 3.8) is 0 Å². The molecule has 0 aromatic carbocycles. The van der Waals surface area contributed by atoms with Crippen LogP contribution in [0.5, 0.6) is 0 Å². The minimum atomic E-state index is -4.04. The molecule has 10 nitrogen and oxygen atoms in total. The van der Waals surface area contributed by atoms with Crippen LogP contribution in [0.3, 0.4) is 0 Å². The molecule has 2 heterocycles. The lowest BCUT2D eigenvalue weighted by molar-refractivity contribution is -0.0732. The van der Waals surface area contributed by atoms with E-state index in [0.717, 1.165) is 0 Å². The van der Waals surface area contributed by atoms with Crippen molar-refractivity contribution in [2.24, 2.45) is 0 Å². The lowest BCUT2D eigenvalue weighted by Crippen LogP contribution is -2.36. The zero-order chi connectivity index (χ0) is 18.4. The van der Waals surface area contributed by atoms with E-state index >= 15 is 0 Å². The molecule has 25 heavy (non-hydrogen) atoms. The number of nitrogens with zero attached hydrogens (tertiary/aromatic N) is 1. The number of aromatic nitrogens is 2. The standard InChI is InChI=1S/C14H23N2O8P/c1-22-6-7-23-11-9-10(3-2-8-25(19,20)21)24-13(11)16-5-4-12(17)15-14(16)18/h4-5,10-11,13H,2-3,6-9H2,1H3,(H,15,17,18)(H2,19,20,21)/t10-,11-,13-/m1/s1. The molecule has 1 aliphatic heterocycles. The number of hydrogen-bond acceptors (Lipinski definition) is 6. The van der Waals surface area contributed by atoms with E-state index in [2.05, 4.69) is 4.98 Å². The first kappa shape index (κ1) is 20.0. The molecule has 1 aromatic heterocycles. The summed E-state index contributed by atoms with van der Waals surface area (Å²) in [5, 5.41) is 0. The second-order valence-corrected chi connectivity index (χ2v) is 7.61. The molecule has 1 aromatic rings. The zero-order valence-electron chi connectivity index (χ0n) is 13.9. The summed E-state index contributed by atoms with van der Waals surface area (Å²) in [6, 6.07) is 1.22. The Kier molecular flexibility index (Phi) is 7.12. The fourth-order valence-corrected chi connectivity index (χ4v) is 3.33. The Morgan fingerprint density at radius 1 is 1.40 bits per heavy atom. The van der Waals surface area contributed by atoms with E-state index in [1.807, 2.05) is 0 Å². The Morgan fingerprint density at radius 2 is 2.16 bits per heavy atom. The Hall–Kier alpha value is -1.29. The zero-order valence-corrected chi connectivity index (χ0v) is 14.8. The molecule has 142 valence electrons. The Morgan fingerprint density at radius 3 is 2.80 bits per heavy atom. The average Bonchev–Trinajstić information content (AvgIpc) is 2.89. The minimum Gasteiger partial charge on any atom is -0.382 e. The summed E-state index contributed by atoms with van der Waals surface area (Å²) < 4.78 is 28.7. The summed E-state index contributed by atoms with van der Waals surface area (Å²) in [6.45, 7) is 0.695. The van der Waals surface area contributed by atoms with E-state index in [-0.39, 0.29) is 12.3 Å². The molecule has 0 bridgehead atoms. The van der Waals surface area contributed by atoms with Crippen molar-refractivity contribution in [1.29, 1.82) is 0 Å². The molecule has 0 radical (unpaired) electrons. The molecule has 0 spiro atoms. The van der Waals surface area contributed by atoms with Gasteiger partial charge in [0.1, 0.15) is 6.10 Å². The van der Waals surface area contributed by atoms with Gasteiger partial charge in [0, 0.05) is 32.0 Å². The quantitative estimate of drug-likeness (QED) is 0.397. The summed E-state index contributed by atoms with van der Waals surface area (Å²) in [5.74, 6) is 0. The highest BCUT2D eigenvalue weighted by molar-refractivity contribution is 7.51. The molecule has 11 heteroatoms. The first-order valence-corrected chi connectivity index (χ1v) is 9.72. The molecule has 0 amide bonds. The smallest absolute Gasteiger partial charge is 0.330 e. The largest absolute Gasteiger partial charge is 0.382 e. The maximum Gasteiger partial charge on any atom is 0.330 e. The molecular formula is C14H23N2O8P. The van der Waals surface area contributed by atoms with Gasteiger partial charge in [-0.15, -0.1) is 0 Å². The van der Waals surface area contributed by atoms with E-state index in [1.54, 1.807) is 7.11 Å². The summed E-state index contributed by atoms with van der Waals surface area (Å²) in [6.07, 6.45) is 0.878. The maximum absolute atomic E-state index is 12.0. The first-order chi connectivity index (χ1) is 11.8. The minimum absolute atomic E-state index is 0.217. The highest BCUT2D eigenvalue weighted by Crippen LogP contribution is 2.37. The van der Waals surface area contributed by atoms with Gasteiger partial charge in [-0.2, -0.15) is 0 Å². The molecule has 0 unspecified atom stereocenters. The third kappa shape index (κ3) is 6.18. The number of H-pyrrole nitrogens is 1. The van der Waals surface area contributed by atoms with Gasteiger partial charge in [-0.05, 0) is 12.8 Å². The van der Waals surface area contributed by atoms with Gasteiger partial charge in [0.25, 0.3) is 5.56 Å². The number of rotatable bonds is 9. The Balaban J connectivity index is 2.06. The second-order valence-electron chi connectivity index (χ2n) is 5.83. The van der Waals surface area contributed by atoms with Crippen molar-refractivity contribution in [1.82, 2.24) is 9.55 Å². The summed E-state index contributed by atoms with van der Waals surface area (Å²) in [7, 11) is -2.50. The summed E-state index contributed by atoms with van der Waals surface area (Å²) >= 11 is 0. The number of nitrogens with one attached hydrogen (secondary N) is 1. The molecular weight excluding hydrogens is 355 g/mol. The fourth-order valence-electron chi connectivity index (χ4n) is 2.73. The summed E-state index contributed by atoms with van der Waals surface area (Å²) in [5.41, 5.74) is -1.11. The molecule has 1 saturated heterocycles. The average molecular weight is 378 g/mol. The van der Waals surface area contributed by atoms with E-state index in [1.165, 1.54) is 16.8 Å². The van der Waals surface area contributed by atoms with Gasteiger partial charge in [0.15, 0.2) is 6.23 Å². The predicted octanol–water partition coefficient (Wildman–Crippen LogP) is -0.186. The number of hydrogen-bond donors (Lipinski definition) is 3. The predicted molar refractivity (Wildman–Crippen MR) is 87.6 cm³/mol. The molecule has 3 atom stereocenters. The van der Waals surface area contributed by atoms with Crippen LogP contribution in [-0.2, 0) is 18.8 Å². The van der Waals surface area contributed by atoms with Crippen LogP contribution in [-0.4, -0.2) is 58.0 Å². The van der Waals surface area contributed by atoms with Gasteiger partial charge in [-0.3, -0.25) is 18.9 Å². The van der Waals surface area contributed by atoms with Gasteiger partial charge in [-0.25, -0.2) is 4.79 Å². The van der Waals surface area contributed by atoms with Crippen molar-refractivity contribution >= 4 is 7.60 Å². The van der Waals surface area contributed by atoms with E-state index in [4.69, 9.17) is 24.0 Å². The fraction of sp³-hybridized carbons (Fsp3) is 0.714. The van der Waals surface area contributed by atoms with Crippen molar-refractivity contribution in [3.05, 3.63) is 33.1 Å². The molecule has 3 N–H and O–H groups in total. The molecule has 2 rings (SSSR count). The van der Waals surface area contributed by atoms with Crippen LogP contribution in [0.1, 0.15) is 25.5 Å². The van der Waals surface area contributed by atoms with Crippen LogP contribution in [0.15, 0.2) is 21.9 Å². The number of methoxy groups -OCH3 is 1. The van der Waals surface area contributed by atoms with Crippen LogP contribution in [0.25, 0.3) is 0 Å². The summed E-state index contributed by atoms with van der Waals surface area (Å²) in [4.78, 5) is 43.3. The first-order valence-electron chi connectivity index (χ1n) is 7.92. The third-order valence-electron chi connectivity index (χ3n) is 3.87. The maximum atomic E-state index is 12.0. The van der Waals surface area contributed by atoms with Crippen LogP contribution in [0.4, 0.5) is 0 Å². The molecule has 1 fully saturated rings. The normalized spacial score (nSPS) is 23.9. The van der Waals surface area contributed by atoms with Gasteiger partial charge >= 0.3 is 13.3 Å². The van der Waals surface area contributed by atoms with Crippen LogP contribution < -0.4 is 11.2 Å². The van der Waals surface area contributed by atoms with Crippen molar-refractivity contribution in [2.75, 3.05) is 26.5 Å². The molecule has 0 saturated carbocycles. The molecule has 1 aliphatic rings. The Bertz CT molecular complexity index is 711. The monoisotopic (exact) mass is 378 g/mol. The highest BCUT2D eigenvalue weighted by Gasteiger charge is 2.37. The van der Waals surface area contributed by atoms with Gasteiger partial charge < -0.3 is 24.0 Å².